The van der Waals surface area contributed by atoms with Gasteiger partial charge in [-0.15, -0.1) is 0 Å². The zero-order valence-corrected chi connectivity index (χ0v) is 11.0. The van der Waals surface area contributed by atoms with Gasteiger partial charge >= 0.3 is 0 Å². The van der Waals surface area contributed by atoms with Crippen molar-refractivity contribution in [2.75, 3.05) is 6.61 Å². The summed E-state index contributed by atoms with van der Waals surface area (Å²) in [7, 11) is -3.62. The Balaban J connectivity index is 2.54. The van der Waals surface area contributed by atoms with Crippen molar-refractivity contribution in [1.82, 2.24) is 0 Å². The minimum atomic E-state index is -3.62. The maximum atomic E-state index is 11.7. The van der Waals surface area contributed by atoms with Gasteiger partial charge in [0, 0.05) is 6.04 Å². The summed E-state index contributed by atoms with van der Waals surface area (Å²) in [6, 6.07) is 6.67. The van der Waals surface area contributed by atoms with E-state index in [2.05, 4.69) is 0 Å². The van der Waals surface area contributed by atoms with Crippen LogP contribution >= 0.6 is 0 Å². The van der Waals surface area contributed by atoms with Crippen LogP contribution in [0.5, 0.6) is 0 Å². The molecule has 0 aliphatic heterocycles. The minimum absolute atomic E-state index is 0.0701. The molecule has 0 radical (unpaired) electrons. The van der Waals surface area contributed by atoms with Crippen molar-refractivity contribution < 1.29 is 12.6 Å². The van der Waals surface area contributed by atoms with Crippen LogP contribution in [0.3, 0.4) is 0 Å². The first kappa shape index (κ1) is 14.2. The first-order valence-corrected chi connectivity index (χ1v) is 7.04. The van der Waals surface area contributed by atoms with Crippen molar-refractivity contribution in [1.29, 1.82) is 0 Å². The van der Waals surface area contributed by atoms with E-state index in [1.165, 1.54) is 0 Å². The van der Waals surface area contributed by atoms with Crippen LogP contribution in [0.1, 0.15) is 25.3 Å². The predicted octanol–water partition coefficient (Wildman–Crippen LogP) is 1.83. The molecule has 1 unspecified atom stereocenters. The molecule has 1 rings (SSSR count). The Labute approximate surface area is 103 Å². The molecule has 5 heteroatoms. The molecular weight excluding hydrogens is 238 g/mol. The van der Waals surface area contributed by atoms with E-state index >= 15 is 0 Å². The van der Waals surface area contributed by atoms with E-state index in [9.17, 15) is 8.42 Å². The maximum absolute atomic E-state index is 11.7. The third kappa shape index (κ3) is 4.85. The average molecular weight is 257 g/mol. The first-order chi connectivity index (χ1) is 7.92. The molecule has 1 atom stereocenters. The SMILES string of the molecule is Cc1ccc(S(=O)(=O)OCCCC(C)N)cc1. The number of rotatable bonds is 6. The van der Waals surface area contributed by atoms with Gasteiger partial charge in [-0.2, -0.15) is 8.42 Å². The highest BCUT2D eigenvalue weighted by atomic mass is 32.2. The molecule has 1 aromatic carbocycles. The van der Waals surface area contributed by atoms with E-state index in [-0.39, 0.29) is 17.5 Å². The quantitative estimate of drug-likeness (QED) is 0.623. The fourth-order valence-electron chi connectivity index (χ4n) is 1.35. The molecule has 17 heavy (non-hydrogen) atoms. The van der Waals surface area contributed by atoms with E-state index in [4.69, 9.17) is 9.92 Å². The second kappa shape index (κ2) is 6.14. The van der Waals surface area contributed by atoms with Gasteiger partial charge in [0.2, 0.25) is 0 Å². The van der Waals surface area contributed by atoms with Crippen LogP contribution in [0.4, 0.5) is 0 Å². The Bertz CT molecular complexity index is 437. The molecule has 0 aromatic heterocycles. The number of hydrogen-bond donors (Lipinski definition) is 1. The van der Waals surface area contributed by atoms with E-state index in [1.54, 1.807) is 24.3 Å². The van der Waals surface area contributed by atoms with Crippen molar-refractivity contribution in [3.05, 3.63) is 29.8 Å². The molecular formula is C12H19NO3S. The molecule has 0 aliphatic rings. The maximum Gasteiger partial charge on any atom is 0.296 e. The van der Waals surface area contributed by atoms with Crippen LogP contribution in [-0.2, 0) is 14.3 Å². The first-order valence-electron chi connectivity index (χ1n) is 5.63. The molecule has 0 fully saturated rings. The Morgan fingerprint density at radius 3 is 2.41 bits per heavy atom. The highest BCUT2D eigenvalue weighted by Gasteiger charge is 2.14. The molecule has 0 bridgehead atoms. The third-order valence-electron chi connectivity index (χ3n) is 2.35. The monoisotopic (exact) mass is 257 g/mol. The zero-order chi connectivity index (χ0) is 12.9. The molecule has 0 saturated carbocycles. The van der Waals surface area contributed by atoms with E-state index in [0.717, 1.165) is 12.0 Å². The van der Waals surface area contributed by atoms with Crippen LogP contribution in [-0.4, -0.2) is 21.1 Å². The summed E-state index contributed by atoms with van der Waals surface area (Å²) in [6.07, 6.45) is 1.40. The highest BCUT2D eigenvalue weighted by Crippen LogP contribution is 2.13. The average Bonchev–Trinajstić information content (AvgIpc) is 2.25. The molecule has 0 aliphatic carbocycles. The van der Waals surface area contributed by atoms with Gasteiger partial charge in [0.1, 0.15) is 0 Å². The van der Waals surface area contributed by atoms with E-state index in [0.29, 0.717) is 6.42 Å². The van der Waals surface area contributed by atoms with Gasteiger partial charge in [0.05, 0.1) is 11.5 Å². The number of benzene rings is 1. The lowest BCUT2D eigenvalue weighted by Crippen LogP contribution is -2.16. The topological polar surface area (TPSA) is 69.4 Å². The van der Waals surface area contributed by atoms with Gasteiger partial charge < -0.3 is 5.73 Å². The van der Waals surface area contributed by atoms with Gasteiger partial charge in [-0.25, -0.2) is 0 Å². The summed E-state index contributed by atoms with van der Waals surface area (Å²) in [5, 5.41) is 0. The summed E-state index contributed by atoms with van der Waals surface area (Å²) in [5.74, 6) is 0. The Morgan fingerprint density at radius 1 is 1.29 bits per heavy atom. The van der Waals surface area contributed by atoms with Gasteiger partial charge in [-0.3, -0.25) is 4.18 Å². The number of hydrogen-bond acceptors (Lipinski definition) is 4. The van der Waals surface area contributed by atoms with E-state index < -0.39 is 10.1 Å². The van der Waals surface area contributed by atoms with Crippen LogP contribution in [0.15, 0.2) is 29.2 Å². The summed E-state index contributed by atoms with van der Waals surface area (Å²) < 4.78 is 28.4. The summed E-state index contributed by atoms with van der Waals surface area (Å²) in [5.41, 5.74) is 6.58. The van der Waals surface area contributed by atoms with Crippen molar-refractivity contribution in [2.45, 2.75) is 37.6 Å². The summed E-state index contributed by atoms with van der Waals surface area (Å²) >= 11 is 0. The van der Waals surface area contributed by atoms with Crippen molar-refractivity contribution >= 4 is 10.1 Å². The minimum Gasteiger partial charge on any atom is -0.328 e. The van der Waals surface area contributed by atoms with Crippen LogP contribution in [0.2, 0.25) is 0 Å². The lowest BCUT2D eigenvalue weighted by molar-refractivity contribution is 0.304. The molecule has 0 spiro atoms. The molecule has 0 heterocycles. The second-order valence-corrected chi connectivity index (χ2v) is 5.82. The molecule has 2 N–H and O–H groups in total. The van der Waals surface area contributed by atoms with Crippen molar-refractivity contribution in [2.24, 2.45) is 5.73 Å². The Hall–Kier alpha value is -0.910. The normalized spacial score (nSPS) is 13.6. The molecule has 0 amide bonds. The second-order valence-electron chi connectivity index (χ2n) is 4.21. The summed E-state index contributed by atoms with van der Waals surface area (Å²) in [4.78, 5) is 0.198. The number of aryl methyl sites for hydroxylation is 1. The van der Waals surface area contributed by atoms with Gasteiger partial charge in [-0.1, -0.05) is 17.7 Å². The molecule has 0 saturated heterocycles. The lowest BCUT2D eigenvalue weighted by Gasteiger charge is -2.07. The van der Waals surface area contributed by atoms with Gasteiger partial charge in [0.15, 0.2) is 0 Å². The van der Waals surface area contributed by atoms with Crippen molar-refractivity contribution in [3.8, 4) is 0 Å². The molecule has 4 nitrogen and oxygen atoms in total. The largest absolute Gasteiger partial charge is 0.328 e. The van der Waals surface area contributed by atoms with Crippen LogP contribution in [0, 0.1) is 6.92 Å². The Morgan fingerprint density at radius 2 is 1.88 bits per heavy atom. The number of nitrogens with two attached hydrogens (primary N) is 1. The Kier molecular flexibility index (Phi) is 5.11. The standard InChI is InChI=1S/C12H19NO3S/c1-10-5-7-12(8-6-10)17(14,15)16-9-3-4-11(2)13/h5-8,11H,3-4,9,13H2,1-2H3. The smallest absolute Gasteiger partial charge is 0.296 e. The molecule has 96 valence electrons. The van der Waals surface area contributed by atoms with Crippen LogP contribution < -0.4 is 5.73 Å². The highest BCUT2D eigenvalue weighted by molar-refractivity contribution is 7.86. The zero-order valence-electron chi connectivity index (χ0n) is 10.2. The predicted molar refractivity (Wildman–Crippen MR) is 67.2 cm³/mol. The third-order valence-corrected chi connectivity index (χ3v) is 3.68. The van der Waals surface area contributed by atoms with Crippen molar-refractivity contribution in [3.63, 3.8) is 0 Å². The molecule has 1 aromatic rings. The lowest BCUT2D eigenvalue weighted by atomic mass is 10.2. The summed E-state index contributed by atoms with van der Waals surface area (Å²) in [6.45, 7) is 3.96. The van der Waals surface area contributed by atoms with Gasteiger partial charge in [-0.05, 0) is 38.8 Å². The van der Waals surface area contributed by atoms with Crippen LogP contribution in [0.25, 0.3) is 0 Å². The fourth-order valence-corrected chi connectivity index (χ4v) is 2.29. The van der Waals surface area contributed by atoms with Gasteiger partial charge in [0.25, 0.3) is 10.1 Å². The fraction of sp³-hybridized carbons (Fsp3) is 0.500. The van der Waals surface area contributed by atoms with E-state index in [1.807, 2.05) is 13.8 Å².